The predicted molar refractivity (Wildman–Crippen MR) is 86.4 cm³/mol. The number of aromatic nitrogens is 1. The first-order valence-corrected chi connectivity index (χ1v) is 7.22. The van der Waals surface area contributed by atoms with Crippen molar-refractivity contribution in [1.82, 2.24) is 4.98 Å². The summed E-state index contributed by atoms with van der Waals surface area (Å²) in [5.41, 5.74) is 9.70. The van der Waals surface area contributed by atoms with Crippen LogP contribution in [0.1, 0.15) is 5.56 Å². The zero-order valence-corrected chi connectivity index (χ0v) is 11.9. The first kappa shape index (κ1) is 13.2. The molecule has 0 radical (unpaired) electrons. The molecule has 4 nitrogen and oxygen atoms in total. The molecule has 0 unspecified atom stereocenters. The number of hydrogen-bond donors (Lipinski definition) is 2. The van der Waals surface area contributed by atoms with E-state index in [4.69, 9.17) is 11.0 Å². The lowest BCUT2D eigenvalue weighted by Crippen LogP contribution is -1.92. The summed E-state index contributed by atoms with van der Waals surface area (Å²) >= 11 is 1.49. The van der Waals surface area contributed by atoms with Gasteiger partial charge in [-0.3, -0.25) is 0 Å². The standard InChI is InChI=1S/C16H12N4S/c17-9-12-4-1-2-7-14(12)19-16-20-15(10-21-16)11-5-3-6-13(18)8-11/h1-8,10H,18H2,(H,19,20). The lowest BCUT2D eigenvalue weighted by Gasteiger charge is -2.04. The maximum atomic E-state index is 9.09. The van der Waals surface area contributed by atoms with Crippen molar-refractivity contribution in [2.45, 2.75) is 0 Å². The number of anilines is 3. The zero-order chi connectivity index (χ0) is 14.7. The van der Waals surface area contributed by atoms with E-state index in [0.29, 0.717) is 11.3 Å². The first-order chi connectivity index (χ1) is 10.3. The number of hydrogen-bond acceptors (Lipinski definition) is 5. The Balaban J connectivity index is 1.88. The van der Waals surface area contributed by atoms with Gasteiger partial charge in [-0.25, -0.2) is 4.98 Å². The van der Waals surface area contributed by atoms with E-state index in [0.717, 1.165) is 22.1 Å². The van der Waals surface area contributed by atoms with Gasteiger partial charge in [-0.05, 0) is 24.3 Å². The van der Waals surface area contributed by atoms with Crippen molar-refractivity contribution in [3.63, 3.8) is 0 Å². The maximum absolute atomic E-state index is 9.09. The number of nitriles is 1. The maximum Gasteiger partial charge on any atom is 0.187 e. The van der Waals surface area contributed by atoms with E-state index in [-0.39, 0.29) is 0 Å². The number of nitrogens with two attached hydrogens (primary N) is 1. The summed E-state index contributed by atoms with van der Waals surface area (Å²) in [5.74, 6) is 0. The zero-order valence-electron chi connectivity index (χ0n) is 11.1. The topological polar surface area (TPSA) is 74.7 Å². The summed E-state index contributed by atoms with van der Waals surface area (Å²) in [6, 6.07) is 17.1. The average Bonchev–Trinajstić information content (AvgIpc) is 2.96. The van der Waals surface area contributed by atoms with E-state index in [1.54, 1.807) is 6.07 Å². The Labute approximate surface area is 126 Å². The molecule has 1 aromatic heterocycles. The van der Waals surface area contributed by atoms with Crippen LogP contribution in [0.25, 0.3) is 11.3 Å². The molecule has 3 rings (SSSR count). The average molecular weight is 292 g/mol. The van der Waals surface area contributed by atoms with Crippen molar-refractivity contribution in [2.75, 3.05) is 11.1 Å². The molecule has 3 N–H and O–H groups in total. The van der Waals surface area contributed by atoms with Gasteiger partial charge in [0.05, 0.1) is 16.9 Å². The van der Waals surface area contributed by atoms with Crippen molar-refractivity contribution in [1.29, 1.82) is 5.26 Å². The molecular formula is C16H12N4S. The number of nitrogen functional groups attached to an aromatic ring is 1. The summed E-state index contributed by atoms with van der Waals surface area (Å²) in [4.78, 5) is 4.53. The number of rotatable bonds is 3. The molecule has 1 heterocycles. The molecule has 0 bridgehead atoms. The molecule has 0 fully saturated rings. The van der Waals surface area contributed by atoms with Crippen LogP contribution in [-0.2, 0) is 0 Å². The quantitative estimate of drug-likeness (QED) is 0.715. The second-order valence-electron chi connectivity index (χ2n) is 4.45. The van der Waals surface area contributed by atoms with E-state index in [2.05, 4.69) is 16.4 Å². The largest absolute Gasteiger partial charge is 0.399 e. The van der Waals surface area contributed by atoms with Gasteiger partial charge in [-0.1, -0.05) is 24.3 Å². The first-order valence-electron chi connectivity index (χ1n) is 6.34. The van der Waals surface area contributed by atoms with Gasteiger partial charge in [0, 0.05) is 16.6 Å². The Bertz CT molecular complexity index is 817. The lowest BCUT2D eigenvalue weighted by atomic mass is 10.1. The molecule has 0 atom stereocenters. The fourth-order valence-electron chi connectivity index (χ4n) is 1.97. The minimum Gasteiger partial charge on any atom is -0.399 e. The van der Waals surface area contributed by atoms with Crippen molar-refractivity contribution in [2.24, 2.45) is 0 Å². The summed E-state index contributed by atoms with van der Waals surface area (Å²) in [6.07, 6.45) is 0. The minimum absolute atomic E-state index is 0.596. The van der Waals surface area contributed by atoms with Gasteiger partial charge in [0.1, 0.15) is 6.07 Å². The molecule has 0 amide bonds. The molecule has 0 aliphatic carbocycles. The van der Waals surface area contributed by atoms with Crippen molar-refractivity contribution >= 4 is 27.8 Å². The Morgan fingerprint density at radius 3 is 2.81 bits per heavy atom. The highest BCUT2D eigenvalue weighted by Crippen LogP contribution is 2.28. The molecule has 2 aromatic carbocycles. The van der Waals surface area contributed by atoms with E-state index in [1.807, 2.05) is 47.8 Å². The third kappa shape index (κ3) is 2.86. The molecule has 3 aromatic rings. The second-order valence-corrected chi connectivity index (χ2v) is 5.30. The molecule has 0 spiro atoms. The van der Waals surface area contributed by atoms with E-state index in [1.165, 1.54) is 11.3 Å². The van der Waals surface area contributed by atoms with Crippen LogP contribution in [0.3, 0.4) is 0 Å². The summed E-state index contributed by atoms with van der Waals surface area (Å²) in [7, 11) is 0. The van der Waals surface area contributed by atoms with Gasteiger partial charge in [-0.2, -0.15) is 5.26 Å². The predicted octanol–water partition coefficient (Wildman–Crippen LogP) is 4.01. The molecule has 0 saturated heterocycles. The van der Waals surface area contributed by atoms with Crippen molar-refractivity contribution in [3.05, 3.63) is 59.5 Å². The highest BCUT2D eigenvalue weighted by atomic mass is 32.1. The smallest absolute Gasteiger partial charge is 0.187 e. The van der Waals surface area contributed by atoms with Gasteiger partial charge >= 0.3 is 0 Å². The van der Waals surface area contributed by atoms with Crippen LogP contribution < -0.4 is 11.1 Å². The van der Waals surface area contributed by atoms with Crippen molar-refractivity contribution < 1.29 is 0 Å². The Hall–Kier alpha value is -2.84. The molecule has 5 heteroatoms. The molecule has 0 aliphatic rings. The third-order valence-corrected chi connectivity index (χ3v) is 3.73. The summed E-state index contributed by atoms with van der Waals surface area (Å²) in [5, 5.41) is 15.0. The number of benzene rings is 2. The summed E-state index contributed by atoms with van der Waals surface area (Å²) in [6.45, 7) is 0. The Morgan fingerprint density at radius 1 is 1.14 bits per heavy atom. The molecular weight excluding hydrogens is 280 g/mol. The fourth-order valence-corrected chi connectivity index (χ4v) is 2.70. The third-order valence-electron chi connectivity index (χ3n) is 2.98. The molecule has 0 saturated carbocycles. The van der Waals surface area contributed by atoms with Gasteiger partial charge in [0.15, 0.2) is 5.13 Å². The van der Waals surface area contributed by atoms with E-state index >= 15 is 0 Å². The van der Waals surface area contributed by atoms with Gasteiger partial charge in [-0.15, -0.1) is 11.3 Å². The second kappa shape index (κ2) is 5.65. The summed E-state index contributed by atoms with van der Waals surface area (Å²) < 4.78 is 0. The normalized spacial score (nSPS) is 10.0. The highest BCUT2D eigenvalue weighted by molar-refractivity contribution is 7.14. The lowest BCUT2D eigenvalue weighted by molar-refractivity contribution is 1.37. The SMILES string of the molecule is N#Cc1ccccc1Nc1nc(-c2cccc(N)c2)cs1. The van der Waals surface area contributed by atoms with Crippen LogP contribution >= 0.6 is 11.3 Å². The van der Waals surface area contributed by atoms with Crippen LogP contribution in [-0.4, -0.2) is 4.98 Å². The van der Waals surface area contributed by atoms with Crippen LogP contribution in [0.4, 0.5) is 16.5 Å². The highest BCUT2D eigenvalue weighted by Gasteiger charge is 2.07. The monoisotopic (exact) mass is 292 g/mol. The van der Waals surface area contributed by atoms with E-state index in [9.17, 15) is 0 Å². The Kier molecular flexibility index (Phi) is 3.54. The Morgan fingerprint density at radius 2 is 2.00 bits per heavy atom. The van der Waals surface area contributed by atoms with Crippen molar-refractivity contribution in [3.8, 4) is 17.3 Å². The van der Waals surface area contributed by atoms with E-state index < -0.39 is 0 Å². The fraction of sp³-hybridized carbons (Fsp3) is 0. The molecule has 21 heavy (non-hydrogen) atoms. The van der Waals surface area contributed by atoms with Crippen LogP contribution in [0.15, 0.2) is 53.9 Å². The van der Waals surface area contributed by atoms with Crippen LogP contribution in [0.5, 0.6) is 0 Å². The minimum atomic E-state index is 0.596. The van der Waals surface area contributed by atoms with Crippen LogP contribution in [0.2, 0.25) is 0 Å². The molecule has 102 valence electrons. The van der Waals surface area contributed by atoms with Gasteiger partial charge in [0.25, 0.3) is 0 Å². The van der Waals surface area contributed by atoms with Gasteiger partial charge < -0.3 is 11.1 Å². The van der Waals surface area contributed by atoms with Crippen LogP contribution in [0, 0.1) is 11.3 Å². The number of thiazole rings is 1. The number of para-hydroxylation sites is 1. The van der Waals surface area contributed by atoms with Gasteiger partial charge in [0.2, 0.25) is 0 Å². The molecule has 0 aliphatic heterocycles. The number of nitrogens with zero attached hydrogens (tertiary/aromatic N) is 2. The number of nitrogens with one attached hydrogen (secondary N) is 1.